The fourth-order valence-electron chi connectivity index (χ4n) is 2.89. The summed E-state index contributed by atoms with van der Waals surface area (Å²) in [7, 11) is 1.84. The lowest BCUT2D eigenvalue weighted by Gasteiger charge is -2.35. The first-order chi connectivity index (χ1) is 6.63. The molecule has 0 saturated heterocycles. The summed E-state index contributed by atoms with van der Waals surface area (Å²) < 4.78 is 5.33. The van der Waals surface area contributed by atoms with Gasteiger partial charge in [-0.3, -0.25) is 0 Å². The van der Waals surface area contributed by atoms with E-state index in [1.54, 1.807) is 0 Å². The van der Waals surface area contributed by atoms with E-state index in [0.29, 0.717) is 0 Å². The molecule has 0 radical (unpaired) electrons. The topological polar surface area (TPSA) is 9.23 Å². The first-order valence-electron chi connectivity index (χ1n) is 6.12. The molecule has 0 aromatic carbocycles. The summed E-state index contributed by atoms with van der Waals surface area (Å²) in [6.07, 6.45) is 5.60. The van der Waals surface area contributed by atoms with E-state index in [2.05, 4.69) is 20.8 Å². The van der Waals surface area contributed by atoms with Crippen LogP contribution in [0.25, 0.3) is 0 Å². The summed E-state index contributed by atoms with van der Waals surface area (Å²) in [5, 5.41) is 0. The van der Waals surface area contributed by atoms with Gasteiger partial charge in [0.15, 0.2) is 0 Å². The Morgan fingerprint density at radius 1 is 1.21 bits per heavy atom. The SMILES string of the molecule is COCC1CCC(C)CC1CC(C)C. The maximum atomic E-state index is 5.33. The average molecular weight is 198 g/mol. The van der Waals surface area contributed by atoms with Gasteiger partial charge in [-0.25, -0.2) is 0 Å². The highest BCUT2D eigenvalue weighted by Crippen LogP contribution is 2.37. The van der Waals surface area contributed by atoms with Gasteiger partial charge in [0.2, 0.25) is 0 Å². The third-order valence-electron chi connectivity index (χ3n) is 3.56. The molecule has 1 saturated carbocycles. The molecule has 1 heteroatoms. The molecule has 0 N–H and O–H groups in total. The van der Waals surface area contributed by atoms with Crippen LogP contribution in [0.5, 0.6) is 0 Å². The van der Waals surface area contributed by atoms with E-state index >= 15 is 0 Å². The summed E-state index contributed by atoms with van der Waals surface area (Å²) in [5.41, 5.74) is 0. The summed E-state index contributed by atoms with van der Waals surface area (Å²) in [6.45, 7) is 8.05. The lowest BCUT2D eigenvalue weighted by Crippen LogP contribution is -2.28. The molecular formula is C13H26O. The minimum absolute atomic E-state index is 0.832. The van der Waals surface area contributed by atoms with Crippen molar-refractivity contribution in [1.29, 1.82) is 0 Å². The second-order valence-electron chi connectivity index (χ2n) is 5.52. The third kappa shape index (κ3) is 3.61. The van der Waals surface area contributed by atoms with Gasteiger partial charge in [0.25, 0.3) is 0 Å². The molecule has 0 heterocycles. The molecule has 0 aromatic heterocycles. The van der Waals surface area contributed by atoms with Crippen molar-refractivity contribution < 1.29 is 4.74 Å². The van der Waals surface area contributed by atoms with Gasteiger partial charge in [-0.1, -0.05) is 27.2 Å². The van der Waals surface area contributed by atoms with Crippen molar-refractivity contribution in [3.05, 3.63) is 0 Å². The van der Waals surface area contributed by atoms with E-state index in [1.807, 2.05) is 7.11 Å². The van der Waals surface area contributed by atoms with E-state index in [-0.39, 0.29) is 0 Å². The fraction of sp³-hybridized carbons (Fsp3) is 1.00. The highest BCUT2D eigenvalue weighted by Gasteiger charge is 2.28. The summed E-state index contributed by atoms with van der Waals surface area (Å²) >= 11 is 0. The van der Waals surface area contributed by atoms with E-state index in [9.17, 15) is 0 Å². The van der Waals surface area contributed by atoms with Gasteiger partial charge >= 0.3 is 0 Å². The molecule has 1 aliphatic carbocycles. The Hall–Kier alpha value is -0.0400. The number of hydrogen-bond donors (Lipinski definition) is 0. The maximum absolute atomic E-state index is 5.33. The Morgan fingerprint density at radius 3 is 2.50 bits per heavy atom. The standard InChI is InChI=1S/C13H26O/c1-10(2)7-13-8-11(3)5-6-12(13)9-14-4/h10-13H,5-9H2,1-4H3. The predicted molar refractivity (Wildman–Crippen MR) is 61.3 cm³/mol. The zero-order valence-electron chi connectivity index (χ0n) is 10.3. The normalized spacial score (nSPS) is 33.6. The predicted octanol–water partition coefficient (Wildman–Crippen LogP) is 3.73. The molecule has 1 nitrogen and oxygen atoms in total. The molecule has 0 aromatic rings. The first-order valence-corrected chi connectivity index (χ1v) is 6.12. The maximum Gasteiger partial charge on any atom is 0.0493 e. The van der Waals surface area contributed by atoms with Gasteiger partial charge in [-0.05, 0) is 42.9 Å². The Balaban J connectivity index is 2.45. The van der Waals surface area contributed by atoms with Crippen LogP contribution in [0, 0.1) is 23.7 Å². The Labute approximate surface area is 89.2 Å². The molecule has 3 unspecified atom stereocenters. The molecule has 1 fully saturated rings. The molecule has 1 rings (SSSR count). The molecule has 3 atom stereocenters. The lowest BCUT2D eigenvalue weighted by atomic mass is 9.72. The average Bonchev–Trinajstić information content (AvgIpc) is 2.09. The minimum Gasteiger partial charge on any atom is -0.384 e. The zero-order chi connectivity index (χ0) is 10.6. The van der Waals surface area contributed by atoms with E-state index < -0.39 is 0 Å². The Bertz CT molecular complexity index is 151. The molecule has 84 valence electrons. The quantitative estimate of drug-likeness (QED) is 0.669. The highest BCUT2D eigenvalue weighted by atomic mass is 16.5. The Morgan fingerprint density at radius 2 is 1.93 bits per heavy atom. The lowest BCUT2D eigenvalue weighted by molar-refractivity contribution is 0.0700. The number of ether oxygens (including phenoxy) is 1. The summed E-state index contributed by atoms with van der Waals surface area (Å²) in [6, 6.07) is 0. The largest absolute Gasteiger partial charge is 0.384 e. The Kier molecular flexibility index (Phi) is 4.94. The van der Waals surface area contributed by atoms with Gasteiger partial charge in [-0.15, -0.1) is 0 Å². The van der Waals surface area contributed by atoms with Crippen LogP contribution in [-0.2, 0) is 4.74 Å². The van der Waals surface area contributed by atoms with Crippen LogP contribution in [0.4, 0.5) is 0 Å². The van der Waals surface area contributed by atoms with Crippen molar-refractivity contribution >= 4 is 0 Å². The third-order valence-corrected chi connectivity index (χ3v) is 3.56. The van der Waals surface area contributed by atoms with Crippen LogP contribution < -0.4 is 0 Å². The van der Waals surface area contributed by atoms with Gasteiger partial charge < -0.3 is 4.74 Å². The molecule has 0 amide bonds. The van der Waals surface area contributed by atoms with Crippen LogP contribution in [0.15, 0.2) is 0 Å². The van der Waals surface area contributed by atoms with Crippen molar-refractivity contribution in [2.24, 2.45) is 23.7 Å². The van der Waals surface area contributed by atoms with Crippen molar-refractivity contribution in [1.82, 2.24) is 0 Å². The van der Waals surface area contributed by atoms with Crippen molar-refractivity contribution in [2.75, 3.05) is 13.7 Å². The molecule has 14 heavy (non-hydrogen) atoms. The van der Waals surface area contributed by atoms with Gasteiger partial charge in [0.05, 0.1) is 0 Å². The van der Waals surface area contributed by atoms with Crippen LogP contribution in [0.1, 0.15) is 46.5 Å². The van der Waals surface area contributed by atoms with E-state index in [0.717, 1.165) is 30.3 Å². The molecule has 1 aliphatic rings. The van der Waals surface area contributed by atoms with Crippen LogP contribution in [0.3, 0.4) is 0 Å². The number of methoxy groups -OCH3 is 1. The van der Waals surface area contributed by atoms with Crippen molar-refractivity contribution in [3.8, 4) is 0 Å². The second-order valence-corrected chi connectivity index (χ2v) is 5.52. The minimum atomic E-state index is 0.832. The highest BCUT2D eigenvalue weighted by molar-refractivity contribution is 4.79. The van der Waals surface area contributed by atoms with Gasteiger partial charge in [-0.2, -0.15) is 0 Å². The van der Waals surface area contributed by atoms with Crippen molar-refractivity contribution in [3.63, 3.8) is 0 Å². The monoisotopic (exact) mass is 198 g/mol. The molecule has 0 spiro atoms. The van der Waals surface area contributed by atoms with Crippen LogP contribution in [0.2, 0.25) is 0 Å². The summed E-state index contributed by atoms with van der Waals surface area (Å²) in [5.74, 6) is 3.52. The second kappa shape index (κ2) is 5.75. The number of rotatable bonds is 4. The zero-order valence-corrected chi connectivity index (χ0v) is 10.3. The molecular weight excluding hydrogens is 172 g/mol. The van der Waals surface area contributed by atoms with Crippen molar-refractivity contribution in [2.45, 2.75) is 46.5 Å². The first kappa shape index (κ1) is 12.0. The van der Waals surface area contributed by atoms with E-state index in [1.165, 1.54) is 25.7 Å². The van der Waals surface area contributed by atoms with Gasteiger partial charge in [0, 0.05) is 13.7 Å². The smallest absolute Gasteiger partial charge is 0.0493 e. The number of hydrogen-bond acceptors (Lipinski definition) is 1. The van der Waals surface area contributed by atoms with Crippen LogP contribution >= 0.6 is 0 Å². The fourth-order valence-corrected chi connectivity index (χ4v) is 2.89. The van der Waals surface area contributed by atoms with Crippen LogP contribution in [-0.4, -0.2) is 13.7 Å². The molecule has 0 bridgehead atoms. The summed E-state index contributed by atoms with van der Waals surface area (Å²) in [4.78, 5) is 0. The molecule has 0 aliphatic heterocycles. The van der Waals surface area contributed by atoms with E-state index in [4.69, 9.17) is 4.74 Å². The van der Waals surface area contributed by atoms with Gasteiger partial charge in [0.1, 0.15) is 0 Å².